The number of pyridine rings is 2. The van der Waals surface area contributed by atoms with E-state index in [1.165, 1.54) is 0 Å². The zero-order chi connectivity index (χ0) is 18.0. The normalized spacial score (nSPS) is 12.9. The molecule has 9 heteroatoms. The molecule has 1 aliphatic rings. The molecule has 2 aromatic rings. The summed E-state index contributed by atoms with van der Waals surface area (Å²) in [7, 11) is 2.00. The first-order valence-corrected chi connectivity index (χ1v) is 7.87. The predicted molar refractivity (Wildman–Crippen MR) is 95.4 cm³/mol. The largest absolute Gasteiger partial charge is 0.373 e. The number of hydrogen-bond acceptors (Lipinski definition) is 5. The van der Waals surface area contributed by atoms with E-state index in [9.17, 15) is 8.78 Å². The Morgan fingerprint density at radius 1 is 1.40 bits per heavy atom. The van der Waals surface area contributed by atoms with Gasteiger partial charge in [0.15, 0.2) is 10.9 Å². The summed E-state index contributed by atoms with van der Waals surface area (Å²) in [4.78, 5) is 10.2. The van der Waals surface area contributed by atoms with Crippen LogP contribution in [-0.2, 0) is 6.42 Å². The zero-order valence-electron chi connectivity index (χ0n) is 13.3. The molecule has 0 saturated carbocycles. The molecule has 0 amide bonds. The van der Waals surface area contributed by atoms with Gasteiger partial charge in [-0.1, -0.05) is 0 Å². The van der Waals surface area contributed by atoms with Gasteiger partial charge in [-0.15, -0.1) is 0 Å². The Kier molecular flexibility index (Phi) is 4.84. The van der Waals surface area contributed by atoms with Crippen LogP contribution < -0.4 is 15.5 Å². The van der Waals surface area contributed by atoms with Crippen molar-refractivity contribution in [1.29, 1.82) is 5.41 Å². The summed E-state index contributed by atoms with van der Waals surface area (Å²) in [6, 6.07) is 5.58. The summed E-state index contributed by atoms with van der Waals surface area (Å²) < 4.78 is 25.0. The minimum Gasteiger partial charge on any atom is -0.373 e. The van der Waals surface area contributed by atoms with Crippen molar-refractivity contribution in [1.82, 2.24) is 15.3 Å². The molecular weight excluding hydrogens is 346 g/mol. The second-order valence-corrected chi connectivity index (χ2v) is 5.93. The van der Waals surface area contributed by atoms with E-state index in [4.69, 9.17) is 17.6 Å². The van der Waals surface area contributed by atoms with Gasteiger partial charge < -0.3 is 15.5 Å². The number of alkyl halides is 2. The van der Waals surface area contributed by atoms with Crippen LogP contribution in [0.25, 0.3) is 0 Å². The number of nitrogens with zero attached hydrogens (tertiary/aromatic N) is 3. The highest BCUT2D eigenvalue weighted by Crippen LogP contribution is 2.25. The van der Waals surface area contributed by atoms with Crippen molar-refractivity contribution in [2.75, 3.05) is 23.8 Å². The van der Waals surface area contributed by atoms with Crippen LogP contribution in [0.2, 0.25) is 0 Å². The van der Waals surface area contributed by atoms with Crippen LogP contribution >= 0.6 is 12.2 Å². The molecule has 0 saturated heterocycles. The Bertz CT molecular complexity index is 809. The molecule has 0 atom stereocenters. The predicted octanol–water partition coefficient (Wildman–Crippen LogP) is 2.52. The van der Waals surface area contributed by atoms with Crippen LogP contribution in [-0.4, -0.2) is 34.5 Å². The van der Waals surface area contributed by atoms with Crippen LogP contribution in [0.4, 0.5) is 20.3 Å². The molecule has 129 valence electrons. The number of thiocarbonyl (C=S) groups is 1. The summed E-state index contributed by atoms with van der Waals surface area (Å²) in [5, 5.41) is 13.6. The molecule has 3 N–H and O–H groups in total. The van der Waals surface area contributed by atoms with Crippen molar-refractivity contribution in [3.8, 4) is 0 Å². The topological polar surface area (TPSA) is 76.9 Å². The Labute approximate surface area is 148 Å². The third-order valence-electron chi connectivity index (χ3n) is 3.79. The number of aromatic nitrogens is 2. The van der Waals surface area contributed by atoms with E-state index >= 15 is 0 Å². The number of likely N-dealkylation sites (N-methyl/N-ethyl adjacent to an activating group) is 1. The Balaban J connectivity index is 1.62. The van der Waals surface area contributed by atoms with Gasteiger partial charge in [0.05, 0.1) is 11.9 Å². The summed E-state index contributed by atoms with van der Waals surface area (Å²) in [5.74, 6) is 0.234. The lowest BCUT2D eigenvalue weighted by molar-refractivity contribution is 0.151. The lowest BCUT2D eigenvalue weighted by atomic mass is 10.2. The van der Waals surface area contributed by atoms with Crippen molar-refractivity contribution in [3.63, 3.8) is 0 Å². The molecule has 2 aromatic heterocycles. The van der Waals surface area contributed by atoms with Gasteiger partial charge in [-0.05, 0) is 36.3 Å². The smallest absolute Gasteiger partial charge is 0.265 e. The molecular formula is C16H15F2N6S. The van der Waals surface area contributed by atoms with Crippen molar-refractivity contribution < 1.29 is 8.78 Å². The van der Waals surface area contributed by atoms with E-state index in [1.54, 1.807) is 6.20 Å². The molecule has 0 unspecified atom stereocenters. The van der Waals surface area contributed by atoms with Gasteiger partial charge >= 0.3 is 0 Å². The van der Waals surface area contributed by atoms with E-state index in [1.807, 2.05) is 13.1 Å². The molecule has 0 spiro atoms. The molecule has 3 heterocycles. The maximum absolute atomic E-state index is 12.5. The average Bonchev–Trinajstić information content (AvgIpc) is 2.96. The third kappa shape index (κ3) is 3.87. The van der Waals surface area contributed by atoms with Crippen LogP contribution in [0.5, 0.6) is 0 Å². The fourth-order valence-electron chi connectivity index (χ4n) is 2.45. The van der Waals surface area contributed by atoms with E-state index in [0.717, 1.165) is 36.5 Å². The first-order valence-electron chi connectivity index (χ1n) is 7.47. The number of hydrogen-bond donors (Lipinski definition) is 3. The molecule has 0 bridgehead atoms. The maximum atomic E-state index is 12.5. The molecule has 0 fully saturated rings. The third-order valence-corrected chi connectivity index (χ3v) is 3.99. The molecule has 0 aromatic carbocycles. The zero-order valence-corrected chi connectivity index (χ0v) is 14.1. The number of amidine groups is 1. The number of anilines is 2. The lowest BCUT2D eigenvalue weighted by Crippen LogP contribution is -2.35. The van der Waals surface area contributed by atoms with E-state index in [2.05, 4.69) is 31.6 Å². The average molecular weight is 361 g/mol. The van der Waals surface area contributed by atoms with E-state index in [-0.39, 0.29) is 22.3 Å². The summed E-state index contributed by atoms with van der Waals surface area (Å²) in [6.07, 6.45) is 1.10. The van der Waals surface area contributed by atoms with Crippen LogP contribution in [0.1, 0.15) is 23.2 Å². The highest BCUT2D eigenvalue weighted by molar-refractivity contribution is 7.80. The minimum atomic E-state index is -2.60. The second kappa shape index (κ2) is 7.06. The molecule has 0 aliphatic carbocycles. The molecule has 1 radical (unpaired) electrons. The first kappa shape index (κ1) is 17.2. The highest BCUT2D eigenvalue weighted by Gasteiger charge is 2.18. The van der Waals surface area contributed by atoms with Crippen molar-refractivity contribution in [2.45, 2.75) is 12.8 Å². The van der Waals surface area contributed by atoms with Crippen LogP contribution in [0, 0.1) is 11.5 Å². The fourth-order valence-corrected chi connectivity index (χ4v) is 2.65. The first-order chi connectivity index (χ1) is 11.9. The number of fused-ring (bicyclic) bond motifs is 1. The monoisotopic (exact) mass is 361 g/mol. The Morgan fingerprint density at radius 3 is 2.88 bits per heavy atom. The van der Waals surface area contributed by atoms with Crippen LogP contribution in [0.3, 0.4) is 0 Å². The van der Waals surface area contributed by atoms with Gasteiger partial charge in [0.2, 0.25) is 0 Å². The highest BCUT2D eigenvalue weighted by atomic mass is 32.1. The number of halogens is 2. The number of nitrogens with one attached hydrogen (secondary N) is 3. The summed E-state index contributed by atoms with van der Waals surface area (Å²) in [6.45, 7) is 0.928. The summed E-state index contributed by atoms with van der Waals surface area (Å²) in [5.41, 5.74) is 2.46. The lowest BCUT2D eigenvalue weighted by Gasteiger charge is -2.13. The fraction of sp³-hybridized carbons (Fsp3) is 0.250. The van der Waals surface area contributed by atoms with Gasteiger partial charge in [0.1, 0.15) is 11.5 Å². The molecule has 3 rings (SSSR count). The van der Waals surface area contributed by atoms with Gasteiger partial charge in [-0.3, -0.25) is 10.4 Å². The maximum Gasteiger partial charge on any atom is 0.265 e. The van der Waals surface area contributed by atoms with Gasteiger partial charge in [0, 0.05) is 31.4 Å². The van der Waals surface area contributed by atoms with Gasteiger partial charge in [0.25, 0.3) is 6.43 Å². The minimum absolute atomic E-state index is 0.0408. The standard InChI is InChI=1S/C16H15F2N6S/c1-24-5-4-9-6-11(20-8-12(9)24)15(19)23-16(25)22-13-3-2-10(7-21-13)14(17)18/h2,6-8,14H,4-5H2,1H3,(H3,19,21,22,23,25). The Hall–Kier alpha value is -2.68. The van der Waals surface area contributed by atoms with E-state index in [0.29, 0.717) is 5.69 Å². The summed E-state index contributed by atoms with van der Waals surface area (Å²) >= 11 is 5.11. The molecule has 25 heavy (non-hydrogen) atoms. The Morgan fingerprint density at radius 2 is 2.20 bits per heavy atom. The van der Waals surface area contributed by atoms with Crippen molar-refractivity contribution >= 4 is 34.7 Å². The van der Waals surface area contributed by atoms with Crippen LogP contribution in [0.15, 0.2) is 24.5 Å². The quantitative estimate of drug-likeness (QED) is 0.443. The SMILES string of the molecule is CN1CCc2cc(C(=N)NC(=S)Nc3[c]cc(C(F)F)cn3)ncc21. The van der Waals surface area contributed by atoms with Crippen molar-refractivity contribution in [2.24, 2.45) is 0 Å². The molecule has 1 aliphatic heterocycles. The van der Waals surface area contributed by atoms with Crippen molar-refractivity contribution in [3.05, 3.63) is 47.4 Å². The molecule has 6 nitrogen and oxygen atoms in total. The van der Waals surface area contributed by atoms with Gasteiger partial charge in [-0.25, -0.2) is 13.8 Å². The van der Waals surface area contributed by atoms with E-state index < -0.39 is 6.43 Å². The second-order valence-electron chi connectivity index (χ2n) is 5.52. The number of rotatable bonds is 3. The van der Waals surface area contributed by atoms with Gasteiger partial charge in [-0.2, -0.15) is 0 Å².